The summed E-state index contributed by atoms with van der Waals surface area (Å²) < 4.78 is 1.11. The molecule has 0 aliphatic rings. The number of hydrogen-bond donors (Lipinski definition) is 1. The Hall–Kier alpha value is -3.48. The molecule has 3 aromatic rings. The van der Waals surface area contributed by atoms with Crippen LogP contribution in [-0.2, 0) is 9.63 Å². The molecular weight excluding hydrogens is 332 g/mol. The molecule has 0 atom stereocenters. The van der Waals surface area contributed by atoms with Crippen molar-refractivity contribution in [2.24, 2.45) is 5.16 Å². The Balaban J connectivity index is 1.69. The normalized spacial score (nSPS) is 11.4. The summed E-state index contributed by atoms with van der Waals surface area (Å²) in [5, 5.41) is 4.35. The number of para-hydroxylation sites is 1. The monoisotopic (exact) mass is 350 g/mol. The van der Waals surface area contributed by atoms with E-state index in [-0.39, 0.29) is 12.2 Å². The smallest absolute Gasteiger partial charge is 0.280 e. The minimum Gasteiger partial charge on any atom is -0.385 e. The Morgan fingerprint density at radius 1 is 1.15 bits per heavy atom. The van der Waals surface area contributed by atoms with Crippen LogP contribution < -0.4 is 11.0 Å². The molecule has 7 heteroatoms. The Morgan fingerprint density at radius 2 is 1.85 bits per heavy atom. The van der Waals surface area contributed by atoms with Gasteiger partial charge in [0.05, 0.1) is 16.6 Å². The predicted molar refractivity (Wildman–Crippen MR) is 99.7 cm³/mol. The lowest BCUT2D eigenvalue weighted by molar-refractivity contribution is -0.121. The molecule has 132 valence electrons. The molecule has 1 aromatic heterocycles. The number of carbonyl (C=O) groups is 1. The molecule has 3 rings (SSSR count). The third-order valence-electron chi connectivity index (χ3n) is 3.77. The summed E-state index contributed by atoms with van der Waals surface area (Å²) in [6.07, 6.45) is 0. The maximum atomic E-state index is 12.5. The van der Waals surface area contributed by atoms with Gasteiger partial charge in [0.25, 0.3) is 11.5 Å². The number of oxime groups is 1. The summed E-state index contributed by atoms with van der Waals surface area (Å²) in [5.41, 5.74) is 4.29. The number of nitrogens with one attached hydrogen (secondary N) is 1. The molecule has 0 saturated carbocycles. The molecule has 1 heterocycles. The van der Waals surface area contributed by atoms with E-state index in [1.54, 1.807) is 38.1 Å². The van der Waals surface area contributed by atoms with Crippen LogP contribution in [0.4, 0.5) is 0 Å². The summed E-state index contributed by atoms with van der Waals surface area (Å²) >= 11 is 0. The van der Waals surface area contributed by atoms with Gasteiger partial charge in [-0.1, -0.05) is 47.6 Å². The van der Waals surface area contributed by atoms with Crippen molar-refractivity contribution in [3.63, 3.8) is 0 Å². The Bertz CT molecular complexity index is 1030. The number of benzene rings is 2. The molecule has 1 N–H and O–H groups in total. The van der Waals surface area contributed by atoms with E-state index in [0.29, 0.717) is 22.4 Å². The number of rotatable bonds is 5. The first-order valence-electron chi connectivity index (χ1n) is 8.06. The van der Waals surface area contributed by atoms with Crippen molar-refractivity contribution < 1.29 is 9.63 Å². The molecule has 0 aliphatic heterocycles. The third-order valence-corrected chi connectivity index (χ3v) is 3.77. The van der Waals surface area contributed by atoms with Gasteiger partial charge in [0.1, 0.15) is 5.82 Å². The van der Waals surface area contributed by atoms with Crippen molar-refractivity contribution in [1.29, 1.82) is 0 Å². The maximum absolute atomic E-state index is 12.5. The van der Waals surface area contributed by atoms with Gasteiger partial charge in [-0.05, 0) is 31.5 Å². The van der Waals surface area contributed by atoms with E-state index in [4.69, 9.17) is 4.84 Å². The highest BCUT2D eigenvalue weighted by Crippen LogP contribution is 2.06. The predicted octanol–water partition coefficient (Wildman–Crippen LogP) is 2.22. The van der Waals surface area contributed by atoms with Gasteiger partial charge in [0.15, 0.2) is 6.61 Å². The highest BCUT2D eigenvalue weighted by molar-refractivity contribution is 5.98. The van der Waals surface area contributed by atoms with E-state index in [0.717, 1.165) is 10.2 Å². The molecule has 0 radical (unpaired) electrons. The van der Waals surface area contributed by atoms with Gasteiger partial charge in [0, 0.05) is 0 Å². The first-order chi connectivity index (χ1) is 12.6. The van der Waals surface area contributed by atoms with E-state index in [1.807, 2.05) is 30.3 Å². The lowest BCUT2D eigenvalue weighted by Gasteiger charge is -2.11. The van der Waals surface area contributed by atoms with E-state index in [1.165, 1.54) is 0 Å². The number of carbonyl (C=O) groups excluding carboxylic acids is 1. The molecule has 0 spiro atoms. The van der Waals surface area contributed by atoms with Crippen molar-refractivity contribution in [2.75, 3.05) is 12.0 Å². The summed E-state index contributed by atoms with van der Waals surface area (Å²) in [6.45, 7) is 3.12. The van der Waals surface area contributed by atoms with Crippen molar-refractivity contribution in [1.82, 2.24) is 9.66 Å². The van der Waals surface area contributed by atoms with Crippen LogP contribution >= 0.6 is 0 Å². The number of amides is 1. The van der Waals surface area contributed by atoms with Gasteiger partial charge in [-0.2, -0.15) is 0 Å². The van der Waals surface area contributed by atoms with Crippen LogP contribution in [0.1, 0.15) is 18.3 Å². The first kappa shape index (κ1) is 17.3. The van der Waals surface area contributed by atoms with E-state index >= 15 is 0 Å². The van der Waals surface area contributed by atoms with Crippen molar-refractivity contribution >= 4 is 22.5 Å². The lowest BCUT2D eigenvalue weighted by atomic mass is 10.1. The van der Waals surface area contributed by atoms with E-state index in [2.05, 4.69) is 15.6 Å². The van der Waals surface area contributed by atoms with Crippen LogP contribution in [0.15, 0.2) is 64.5 Å². The molecule has 0 unspecified atom stereocenters. The second-order valence-electron chi connectivity index (χ2n) is 5.67. The average Bonchev–Trinajstić information content (AvgIpc) is 2.66. The van der Waals surface area contributed by atoms with Crippen LogP contribution in [-0.4, -0.2) is 27.9 Å². The van der Waals surface area contributed by atoms with Gasteiger partial charge in [0.2, 0.25) is 0 Å². The summed E-state index contributed by atoms with van der Waals surface area (Å²) in [7, 11) is 0. The Labute approximate surface area is 149 Å². The lowest BCUT2D eigenvalue weighted by Crippen LogP contribution is -2.37. The van der Waals surface area contributed by atoms with Crippen molar-refractivity contribution in [3.05, 3.63) is 76.3 Å². The van der Waals surface area contributed by atoms with Crippen LogP contribution in [0.25, 0.3) is 10.9 Å². The quantitative estimate of drug-likeness (QED) is 0.565. The highest BCUT2D eigenvalue weighted by Gasteiger charge is 2.11. The minimum atomic E-state index is -0.503. The molecule has 0 saturated heterocycles. The molecular formula is C19H18N4O3. The SMILES string of the molecule is CC(=NOCC(=O)Nn1c(C)nc2ccccc2c1=O)c1ccccc1. The molecule has 1 amide bonds. The van der Waals surface area contributed by atoms with Crippen LogP contribution in [0.3, 0.4) is 0 Å². The van der Waals surface area contributed by atoms with E-state index in [9.17, 15) is 9.59 Å². The second-order valence-corrected chi connectivity index (χ2v) is 5.67. The zero-order chi connectivity index (χ0) is 18.5. The summed E-state index contributed by atoms with van der Waals surface area (Å²) in [4.78, 5) is 34.0. The van der Waals surface area contributed by atoms with Gasteiger partial charge in [-0.15, -0.1) is 0 Å². The topological polar surface area (TPSA) is 85.6 Å². The Morgan fingerprint density at radius 3 is 2.62 bits per heavy atom. The third kappa shape index (κ3) is 3.77. The second kappa shape index (κ2) is 7.60. The molecule has 0 aliphatic carbocycles. The zero-order valence-electron chi connectivity index (χ0n) is 14.5. The zero-order valence-corrected chi connectivity index (χ0v) is 14.5. The average molecular weight is 350 g/mol. The fourth-order valence-corrected chi connectivity index (χ4v) is 2.45. The van der Waals surface area contributed by atoms with Crippen LogP contribution in [0.5, 0.6) is 0 Å². The molecule has 0 bridgehead atoms. The molecule has 26 heavy (non-hydrogen) atoms. The van der Waals surface area contributed by atoms with Gasteiger partial charge >= 0.3 is 0 Å². The molecule has 2 aromatic carbocycles. The molecule has 0 fully saturated rings. The first-order valence-corrected chi connectivity index (χ1v) is 8.06. The fraction of sp³-hybridized carbons (Fsp3) is 0.158. The van der Waals surface area contributed by atoms with Crippen molar-refractivity contribution in [2.45, 2.75) is 13.8 Å². The fourth-order valence-electron chi connectivity index (χ4n) is 2.45. The maximum Gasteiger partial charge on any atom is 0.280 e. The van der Waals surface area contributed by atoms with Gasteiger partial charge in [-0.25, -0.2) is 9.66 Å². The highest BCUT2D eigenvalue weighted by atomic mass is 16.6. The minimum absolute atomic E-state index is 0.317. The van der Waals surface area contributed by atoms with Crippen LogP contribution in [0, 0.1) is 6.92 Å². The Kier molecular flexibility index (Phi) is 5.07. The largest absolute Gasteiger partial charge is 0.385 e. The number of aryl methyl sites for hydroxylation is 1. The van der Waals surface area contributed by atoms with E-state index < -0.39 is 5.91 Å². The van der Waals surface area contributed by atoms with Gasteiger partial charge < -0.3 is 4.84 Å². The summed E-state index contributed by atoms with van der Waals surface area (Å²) in [5.74, 6) is -0.122. The van der Waals surface area contributed by atoms with Crippen LogP contribution in [0.2, 0.25) is 0 Å². The molecule has 7 nitrogen and oxygen atoms in total. The van der Waals surface area contributed by atoms with Crippen molar-refractivity contribution in [3.8, 4) is 0 Å². The standard InChI is InChI=1S/C19H18N4O3/c1-13(15-8-4-3-5-9-15)22-26-12-18(24)21-23-14(2)20-17-11-7-6-10-16(17)19(23)25/h3-11H,12H2,1-2H3,(H,21,24). The number of nitrogens with zero attached hydrogens (tertiary/aromatic N) is 3. The number of hydrogen-bond acceptors (Lipinski definition) is 5. The van der Waals surface area contributed by atoms with Gasteiger partial charge in [-0.3, -0.25) is 15.0 Å². The number of aromatic nitrogens is 2. The summed E-state index contributed by atoms with van der Waals surface area (Å²) in [6, 6.07) is 16.4. The number of fused-ring (bicyclic) bond motifs is 1.